The Balaban J connectivity index is 2.03. The highest BCUT2D eigenvalue weighted by Gasteiger charge is 2.25. The van der Waals surface area contributed by atoms with Gasteiger partial charge in [0, 0.05) is 32.3 Å². The van der Waals surface area contributed by atoms with E-state index in [0.717, 1.165) is 5.56 Å². The van der Waals surface area contributed by atoms with Crippen molar-refractivity contribution in [3.63, 3.8) is 0 Å². The van der Waals surface area contributed by atoms with Crippen LogP contribution in [0.15, 0.2) is 12.3 Å². The molecule has 19 heavy (non-hydrogen) atoms. The van der Waals surface area contributed by atoms with Crippen molar-refractivity contribution in [1.29, 1.82) is 0 Å². The van der Waals surface area contributed by atoms with Crippen LogP contribution in [0.25, 0.3) is 0 Å². The van der Waals surface area contributed by atoms with Crippen LogP contribution in [-0.4, -0.2) is 46.4 Å². The van der Waals surface area contributed by atoms with Crippen LogP contribution in [0, 0.1) is 6.92 Å². The van der Waals surface area contributed by atoms with Crippen LogP contribution in [0.5, 0.6) is 5.75 Å². The Bertz CT molecular complexity index is 516. The van der Waals surface area contributed by atoms with Crippen molar-refractivity contribution in [3.8, 4) is 5.75 Å². The second kappa shape index (κ2) is 5.26. The summed E-state index contributed by atoms with van der Waals surface area (Å²) >= 11 is 0. The maximum Gasteiger partial charge on any atom is 0.274 e. The van der Waals surface area contributed by atoms with Gasteiger partial charge in [0.2, 0.25) is 5.91 Å². The first-order valence-corrected chi connectivity index (χ1v) is 6.18. The van der Waals surface area contributed by atoms with Gasteiger partial charge in [0.25, 0.3) is 5.91 Å². The molecule has 1 aliphatic rings. The van der Waals surface area contributed by atoms with Crippen LogP contribution < -0.4 is 5.32 Å². The molecule has 1 saturated heterocycles. The average Bonchev–Trinajstić information content (AvgIpc) is 2.33. The Morgan fingerprint density at radius 2 is 2.32 bits per heavy atom. The molecule has 0 aromatic carbocycles. The quantitative estimate of drug-likeness (QED) is 0.811. The molecule has 1 aliphatic heterocycles. The minimum Gasteiger partial charge on any atom is -0.505 e. The number of aromatic hydroxyl groups is 1. The molecule has 1 aromatic heterocycles. The number of likely N-dealkylation sites (N-methyl/N-ethyl adjacent to an activating group) is 1. The zero-order chi connectivity index (χ0) is 14.0. The maximum absolute atomic E-state index is 12.0. The van der Waals surface area contributed by atoms with Gasteiger partial charge in [0.1, 0.15) is 5.75 Å². The largest absolute Gasteiger partial charge is 0.505 e. The lowest BCUT2D eigenvalue weighted by atomic mass is 10.1. The van der Waals surface area contributed by atoms with E-state index < -0.39 is 5.91 Å². The van der Waals surface area contributed by atoms with E-state index in [0.29, 0.717) is 19.4 Å². The number of hydrogen-bond acceptors (Lipinski definition) is 4. The normalized spacial score (nSPS) is 19.4. The third-order valence-electron chi connectivity index (χ3n) is 3.18. The number of piperidine rings is 1. The fourth-order valence-electron chi connectivity index (χ4n) is 2.11. The predicted octanol–water partition coefficient (Wildman–Crippen LogP) is 0.446. The number of hydrogen-bond donors (Lipinski definition) is 2. The molecule has 2 heterocycles. The van der Waals surface area contributed by atoms with Crippen LogP contribution in [0.4, 0.5) is 0 Å². The number of aryl methyl sites for hydroxylation is 1. The van der Waals surface area contributed by atoms with Crippen molar-refractivity contribution >= 4 is 11.8 Å². The summed E-state index contributed by atoms with van der Waals surface area (Å²) in [5.41, 5.74) is 0.808. The molecule has 6 nitrogen and oxygen atoms in total. The zero-order valence-corrected chi connectivity index (χ0v) is 11.0. The molecule has 1 aromatic rings. The van der Waals surface area contributed by atoms with E-state index in [4.69, 9.17) is 0 Å². The summed E-state index contributed by atoms with van der Waals surface area (Å²) in [5.74, 6) is -0.454. The van der Waals surface area contributed by atoms with Gasteiger partial charge in [-0.2, -0.15) is 0 Å². The molecular formula is C13H17N3O3. The molecule has 1 atom stereocenters. The highest BCUT2D eigenvalue weighted by Crippen LogP contribution is 2.16. The van der Waals surface area contributed by atoms with Crippen molar-refractivity contribution in [2.24, 2.45) is 0 Å². The van der Waals surface area contributed by atoms with Crippen LogP contribution in [0.3, 0.4) is 0 Å². The molecule has 2 N–H and O–H groups in total. The van der Waals surface area contributed by atoms with Crippen LogP contribution in [-0.2, 0) is 4.79 Å². The van der Waals surface area contributed by atoms with Crippen LogP contribution >= 0.6 is 0 Å². The second-order valence-electron chi connectivity index (χ2n) is 4.86. The molecule has 1 unspecified atom stereocenters. The third-order valence-corrected chi connectivity index (χ3v) is 3.18. The standard InChI is InChI=1S/C13H17N3O3/c1-8-5-10(17)12(14-6-8)13(19)15-9-3-4-11(18)16(2)7-9/h5-6,9,17H,3-4,7H2,1-2H3,(H,15,19). The molecule has 1 fully saturated rings. The number of amides is 2. The number of likely N-dealkylation sites (tertiary alicyclic amines) is 1. The zero-order valence-electron chi connectivity index (χ0n) is 11.0. The van der Waals surface area contributed by atoms with Crippen molar-refractivity contribution in [3.05, 3.63) is 23.5 Å². The minimum absolute atomic E-state index is 0.0187. The number of carbonyl (C=O) groups excluding carboxylic acids is 2. The highest BCUT2D eigenvalue weighted by atomic mass is 16.3. The SMILES string of the molecule is Cc1cnc(C(=O)NC2CCC(=O)N(C)C2)c(O)c1. The van der Waals surface area contributed by atoms with Crippen LogP contribution in [0.1, 0.15) is 28.9 Å². The van der Waals surface area contributed by atoms with E-state index in [2.05, 4.69) is 10.3 Å². The van der Waals surface area contributed by atoms with Gasteiger partial charge in [-0.3, -0.25) is 9.59 Å². The summed E-state index contributed by atoms with van der Waals surface area (Å²) in [5, 5.41) is 12.5. The fraction of sp³-hybridized carbons (Fsp3) is 0.462. The maximum atomic E-state index is 12.0. The highest BCUT2D eigenvalue weighted by molar-refractivity contribution is 5.95. The van der Waals surface area contributed by atoms with Gasteiger partial charge in [-0.25, -0.2) is 4.98 Å². The monoisotopic (exact) mass is 263 g/mol. The van der Waals surface area contributed by atoms with Crippen molar-refractivity contribution in [2.75, 3.05) is 13.6 Å². The first kappa shape index (κ1) is 13.3. The van der Waals surface area contributed by atoms with Crippen molar-refractivity contribution in [1.82, 2.24) is 15.2 Å². The summed E-state index contributed by atoms with van der Waals surface area (Å²) in [6, 6.07) is 1.40. The van der Waals surface area contributed by atoms with Gasteiger partial charge in [-0.15, -0.1) is 0 Å². The van der Waals surface area contributed by atoms with Crippen molar-refractivity contribution < 1.29 is 14.7 Å². The van der Waals surface area contributed by atoms with E-state index in [-0.39, 0.29) is 23.4 Å². The van der Waals surface area contributed by atoms with E-state index in [1.807, 2.05) is 0 Å². The lowest BCUT2D eigenvalue weighted by Crippen LogP contribution is -2.48. The lowest BCUT2D eigenvalue weighted by Gasteiger charge is -2.30. The van der Waals surface area contributed by atoms with Gasteiger partial charge >= 0.3 is 0 Å². The Morgan fingerprint density at radius 3 is 2.95 bits per heavy atom. The predicted molar refractivity (Wildman–Crippen MR) is 68.8 cm³/mol. The molecular weight excluding hydrogens is 246 g/mol. The summed E-state index contributed by atoms with van der Waals surface area (Å²) < 4.78 is 0. The summed E-state index contributed by atoms with van der Waals surface area (Å²) in [4.78, 5) is 28.9. The molecule has 0 aliphatic carbocycles. The minimum atomic E-state index is -0.412. The molecule has 0 bridgehead atoms. The van der Waals surface area contributed by atoms with E-state index in [9.17, 15) is 14.7 Å². The molecule has 102 valence electrons. The Hall–Kier alpha value is -2.11. The summed E-state index contributed by atoms with van der Waals surface area (Å²) in [6.45, 7) is 2.27. The molecule has 2 rings (SSSR count). The Morgan fingerprint density at radius 1 is 1.58 bits per heavy atom. The molecule has 2 amide bonds. The lowest BCUT2D eigenvalue weighted by molar-refractivity contribution is -0.132. The van der Waals surface area contributed by atoms with Gasteiger partial charge in [-0.1, -0.05) is 0 Å². The number of carbonyl (C=O) groups is 2. The van der Waals surface area contributed by atoms with E-state index in [1.54, 1.807) is 18.9 Å². The third kappa shape index (κ3) is 3.01. The number of nitrogens with one attached hydrogen (secondary N) is 1. The van der Waals surface area contributed by atoms with Crippen LogP contribution in [0.2, 0.25) is 0 Å². The van der Waals surface area contributed by atoms with E-state index >= 15 is 0 Å². The fourth-order valence-corrected chi connectivity index (χ4v) is 2.11. The average molecular weight is 263 g/mol. The van der Waals surface area contributed by atoms with Gasteiger partial charge in [0.15, 0.2) is 5.69 Å². The molecule has 6 heteroatoms. The second-order valence-corrected chi connectivity index (χ2v) is 4.86. The number of nitrogens with zero attached hydrogens (tertiary/aromatic N) is 2. The first-order chi connectivity index (χ1) is 8.97. The molecule has 0 saturated carbocycles. The van der Waals surface area contributed by atoms with Gasteiger partial charge in [-0.05, 0) is 25.0 Å². The van der Waals surface area contributed by atoms with Gasteiger partial charge in [0.05, 0.1) is 0 Å². The smallest absolute Gasteiger partial charge is 0.274 e. The number of rotatable bonds is 2. The number of pyridine rings is 1. The summed E-state index contributed by atoms with van der Waals surface area (Å²) in [7, 11) is 1.71. The summed E-state index contributed by atoms with van der Waals surface area (Å²) in [6.07, 6.45) is 2.57. The topological polar surface area (TPSA) is 82.5 Å². The van der Waals surface area contributed by atoms with E-state index in [1.165, 1.54) is 12.3 Å². The number of aromatic nitrogens is 1. The van der Waals surface area contributed by atoms with Gasteiger partial charge < -0.3 is 15.3 Å². The Labute approximate surface area is 111 Å². The Kier molecular flexibility index (Phi) is 3.69. The first-order valence-electron chi connectivity index (χ1n) is 6.18. The molecule has 0 radical (unpaired) electrons. The van der Waals surface area contributed by atoms with Crippen molar-refractivity contribution in [2.45, 2.75) is 25.8 Å². The molecule has 0 spiro atoms.